The molecule has 0 heterocycles. The molecule has 0 unspecified atom stereocenters. The maximum Gasteiger partial charge on any atom is 0.142 e. The second kappa shape index (κ2) is 14.1. The molecule has 0 amide bonds. The summed E-state index contributed by atoms with van der Waals surface area (Å²) in [5, 5.41) is 20.5. The lowest BCUT2D eigenvalue weighted by molar-refractivity contribution is 0.456. The SMILES string of the molecule is C#Cc1ccc(-c2ccccc2)c2c1C(c1ccc(Oc3ccc(N)c(O)c3)cc1)(c1ccc(Oc3ccc(N)c(O)c3)cc1)c1cccc(-c3ccccc3)c1-2. The number of benzene rings is 8. The predicted molar refractivity (Wildman–Crippen MR) is 228 cm³/mol. The number of terminal acetylenes is 1. The Morgan fingerprint density at radius 2 is 0.947 bits per heavy atom. The molecule has 6 N–H and O–H groups in total. The first-order valence-electron chi connectivity index (χ1n) is 18.5. The van der Waals surface area contributed by atoms with Crippen LogP contribution in [-0.4, -0.2) is 10.2 Å². The van der Waals surface area contributed by atoms with Crippen LogP contribution in [0.2, 0.25) is 0 Å². The van der Waals surface area contributed by atoms with Crippen molar-refractivity contribution in [2.45, 2.75) is 5.41 Å². The molecule has 0 aliphatic heterocycles. The van der Waals surface area contributed by atoms with Gasteiger partial charge >= 0.3 is 0 Å². The van der Waals surface area contributed by atoms with Crippen molar-refractivity contribution in [1.82, 2.24) is 0 Å². The fraction of sp³-hybridized carbons (Fsp3) is 0.0196. The Bertz CT molecular complexity index is 2730. The minimum atomic E-state index is -0.905. The van der Waals surface area contributed by atoms with Crippen molar-refractivity contribution in [2.24, 2.45) is 0 Å². The Morgan fingerprint density at radius 1 is 0.474 bits per heavy atom. The second-order valence-corrected chi connectivity index (χ2v) is 14.0. The number of phenols is 2. The quantitative estimate of drug-likeness (QED) is 0.0701. The van der Waals surface area contributed by atoms with E-state index in [1.165, 1.54) is 12.1 Å². The number of anilines is 2. The molecular weight excluding hydrogens is 705 g/mol. The highest BCUT2D eigenvalue weighted by Crippen LogP contribution is 2.61. The first kappa shape index (κ1) is 34.9. The molecule has 1 aliphatic rings. The van der Waals surface area contributed by atoms with Crippen LogP contribution >= 0.6 is 0 Å². The lowest BCUT2D eigenvalue weighted by atomic mass is 9.66. The second-order valence-electron chi connectivity index (χ2n) is 14.0. The summed E-state index contributed by atoms with van der Waals surface area (Å²) in [5.74, 6) is 5.07. The van der Waals surface area contributed by atoms with Gasteiger partial charge in [0.05, 0.1) is 16.8 Å². The van der Waals surface area contributed by atoms with Gasteiger partial charge in [-0.25, -0.2) is 0 Å². The van der Waals surface area contributed by atoms with Gasteiger partial charge in [-0.1, -0.05) is 115 Å². The Balaban J connectivity index is 1.32. The average molecular weight is 741 g/mol. The summed E-state index contributed by atoms with van der Waals surface area (Å²) in [5.41, 5.74) is 22.6. The van der Waals surface area contributed by atoms with Gasteiger partial charge in [0.2, 0.25) is 0 Å². The van der Waals surface area contributed by atoms with E-state index >= 15 is 0 Å². The van der Waals surface area contributed by atoms with Crippen molar-refractivity contribution in [2.75, 3.05) is 11.5 Å². The summed E-state index contributed by atoms with van der Waals surface area (Å²) in [7, 11) is 0. The number of fused-ring (bicyclic) bond motifs is 3. The van der Waals surface area contributed by atoms with Crippen molar-refractivity contribution < 1.29 is 19.7 Å². The number of hydrogen-bond donors (Lipinski definition) is 4. The molecule has 0 saturated carbocycles. The van der Waals surface area contributed by atoms with Gasteiger partial charge in [0.15, 0.2) is 0 Å². The topological polar surface area (TPSA) is 111 Å². The summed E-state index contributed by atoms with van der Waals surface area (Å²) >= 11 is 0. The van der Waals surface area contributed by atoms with Crippen LogP contribution in [0.4, 0.5) is 11.4 Å². The van der Waals surface area contributed by atoms with Crippen LogP contribution in [0, 0.1) is 12.3 Å². The molecule has 0 fully saturated rings. The summed E-state index contributed by atoms with van der Waals surface area (Å²) in [6.07, 6.45) is 6.49. The zero-order valence-corrected chi connectivity index (χ0v) is 30.7. The van der Waals surface area contributed by atoms with Gasteiger partial charge in [-0.05, 0) is 110 Å². The van der Waals surface area contributed by atoms with Crippen molar-refractivity contribution in [3.8, 4) is 80.2 Å². The molecule has 0 saturated heterocycles. The summed E-state index contributed by atoms with van der Waals surface area (Å²) in [4.78, 5) is 0. The zero-order chi connectivity index (χ0) is 39.1. The fourth-order valence-electron chi connectivity index (χ4n) is 8.12. The number of phenolic OH excluding ortho intramolecular Hbond substituents is 2. The molecule has 6 nitrogen and oxygen atoms in total. The van der Waals surface area contributed by atoms with Gasteiger partial charge in [-0.3, -0.25) is 0 Å². The van der Waals surface area contributed by atoms with Gasteiger partial charge in [-0.15, -0.1) is 6.42 Å². The number of aromatic hydroxyl groups is 2. The largest absolute Gasteiger partial charge is 0.506 e. The third-order valence-electron chi connectivity index (χ3n) is 10.7. The van der Waals surface area contributed by atoms with Crippen molar-refractivity contribution in [3.05, 3.63) is 204 Å². The van der Waals surface area contributed by atoms with Gasteiger partial charge in [0.25, 0.3) is 0 Å². The molecule has 0 atom stereocenters. The highest BCUT2D eigenvalue weighted by Gasteiger charge is 2.49. The van der Waals surface area contributed by atoms with Crippen LogP contribution in [0.3, 0.4) is 0 Å². The molecule has 1 aliphatic carbocycles. The molecule has 6 heteroatoms. The monoisotopic (exact) mass is 740 g/mol. The average Bonchev–Trinajstić information content (AvgIpc) is 3.56. The van der Waals surface area contributed by atoms with E-state index in [-0.39, 0.29) is 22.9 Å². The Labute approximate surface area is 330 Å². The predicted octanol–water partition coefficient (Wildman–Crippen LogP) is 11.5. The number of ether oxygens (including phenoxy) is 2. The molecule has 274 valence electrons. The van der Waals surface area contributed by atoms with Crippen LogP contribution in [-0.2, 0) is 5.41 Å². The minimum Gasteiger partial charge on any atom is -0.506 e. The lowest BCUT2D eigenvalue weighted by Gasteiger charge is -2.35. The van der Waals surface area contributed by atoms with E-state index < -0.39 is 5.41 Å². The van der Waals surface area contributed by atoms with Crippen LogP contribution < -0.4 is 20.9 Å². The van der Waals surface area contributed by atoms with E-state index in [1.807, 2.05) is 36.4 Å². The number of rotatable bonds is 8. The number of nitrogens with two attached hydrogens (primary N) is 2. The van der Waals surface area contributed by atoms with Crippen molar-refractivity contribution in [3.63, 3.8) is 0 Å². The maximum absolute atomic E-state index is 10.2. The smallest absolute Gasteiger partial charge is 0.142 e. The Hall–Kier alpha value is -7.88. The highest BCUT2D eigenvalue weighted by atomic mass is 16.5. The maximum atomic E-state index is 10.2. The number of nitrogen functional groups attached to an aromatic ring is 2. The molecule has 0 radical (unpaired) electrons. The lowest BCUT2D eigenvalue weighted by Crippen LogP contribution is -2.29. The molecular formula is C51H36N2O4. The van der Waals surface area contributed by atoms with E-state index in [1.54, 1.807) is 24.3 Å². The van der Waals surface area contributed by atoms with Crippen LogP contribution in [0.15, 0.2) is 176 Å². The third-order valence-corrected chi connectivity index (χ3v) is 10.7. The molecule has 0 spiro atoms. The molecule has 8 aromatic rings. The Morgan fingerprint density at radius 3 is 1.42 bits per heavy atom. The summed E-state index contributed by atoms with van der Waals surface area (Å²) in [6.45, 7) is 0. The van der Waals surface area contributed by atoms with Crippen LogP contribution in [0.1, 0.15) is 27.8 Å². The molecule has 8 aromatic carbocycles. The normalized spacial score (nSPS) is 12.3. The third kappa shape index (κ3) is 5.95. The minimum absolute atomic E-state index is 0.0480. The standard InChI is InChI=1S/C51H36N2O4/c1-2-32-16-27-42(34-12-7-4-8-13-34)49-48-41(33-10-5-3-6-11-33)14-9-15-43(48)51(50(32)49,35-17-21-37(22-18-35)56-39-25-28-44(52)46(54)30-39)36-19-23-38(24-20-36)57-40-26-29-45(53)47(55)31-40/h1,3-31,54-55H,52-53H2. The van der Waals surface area contributed by atoms with E-state index in [0.717, 1.165) is 61.2 Å². The van der Waals surface area contributed by atoms with E-state index in [2.05, 4.69) is 109 Å². The van der Waals surface area contributed by atoms with Crippen molar-refractivity contribution in [1.29, 1.82) is 0 Å². The van der Waals surface area contributed by atoms with Gasteiger partial charge < -0.3 is 31.2 Å². The van der Waals surface area contributed by atoms with Crippen molar-refractivity contribution >= 4 is 11.4 Å². The summed E-state index contributed by atoms with van der Waals surface area (Å²) in [6, 6.07) is 57.3. The first-order chi connectivity index (χ1) is 27.8. The molecule has 0 bridgehead atoms. The Kier molecular flexibility index (Phi) is 8.61. The summed E-state index contributed by atoms with van der Waals surface area (Å²) < 4.78 is 12.4. The molecule has 0 aromatic heterocycles. The van der Waals surface area contributed by atoms with Crippen LogP contribution in [0.5, 0.6) is 34.5 Å². The fourth-order valence-corrected chi connectivity index (χ4v) is 8.12. The zero-order valence-electron chi connectivity index (χ0n) is 30.7. The van der Waals surface area contributed by atoms with Crippen LogP contribution in [0.25, 0.3) is 33.4 Å². The molecule has 57 heavy (non-hydrogen) atoms. The van der Waals surface area contributed by atoms with Gasteiger partial charge in [-0.2, -0.15) is 0 Å². The van der Waals surface area contributed by atoms with E-state index in [4.69, 9.17) is 27.4 Å². The highest BCUT2D eigenvalue weighted by molar-refractivity contribution is 6.02. The van der Waals surface area contributed by atoms with E-state index in [9.17, 15) is 10.2 Å². The first-order valence-corrected chi connectivity index (χ1v) is 18.5. The van der Waals surface area contributed by atoms with Gasteiger partial charge in [0.1, 0.15) is 34.5 Å². The van der Waals surface area contributed by atoms with Gasteiger partial charge in [0, 0.05) is 17.7 Å². The van der Waals surface area contributed by atoms with E-state index in [0.29, 0.717) is 23.0 Å². The number of hydrogen-bond acceptors (Lipinski definition) is 6. The molecule has 9 rings (SSSR count).